The van der Waals surface area contributed by atoms with Crippen LogP contribution in [0.15, 0.2) is 24.3 Å². The molecule has 0 radical (unpaired) electrons. The van der Waals surface area contributed by atoms with E-state index in [0.29, 0.717) is 12.3 Å². The van der Waals surface area contributed by atoms with Crippen LogP contribution in [0.3, 0.4) is 0 Å². The van der Waals surface area contributed by atoms with Gasteiger partial charge in [-0.1, -0.05) is 38.3 Å². The van der Waals surface area contributed by atoms with Gasteiger partial charge < -0.3 is 10.1 Å². The normalized spacial score (nSPS) is 17.2. The molecule has 0 heterocycles. The fraction of sp³-hybridized carbons (Fsp3) is 0.611. The van der Waals surface area contributed by atoms with Crippen LogP contribution >= 0.6 is 0 Å². The lowest BCUT2D eigenvalue weighted by Crippen LogP contribution is -2.40. The van der Waals surface area contributed by atoms with E-state index in [1.807, 2.05) is 38.1 Å². The molecular formula is C18H27NO2. The highest BCUT2D eigenvalue weighted by atomic mass is 16.5. The molecule has 0 aliphatic heterocycles. The summed E-state index contributed by atoms with van der Waals surface area (Å²) in [7, 11) is 0. The van der Waals surface area contributed by atoms with Gasteiger partial charge >= 0.3 is 0 Å². The van der Waals surface area contributed by atoms with E-state index >= 15 is 0 Å². The summed E-state index contributed by atoms with van der Waals surface area (Å²) in [5.41, 5.74) is 1.14. The highest BCUT2D eigenvalue weighted by molar-refractivity contribution is 5.81. The molecule has 1 aromatic rings. The molecule has 1 aliphatic carbocycles. The second-order valence-electron chi connectivity index (χ2n) is 6.08. The number of benzene rings is 1. The van der Waals surface area contributed by atoms with E-state index in [-0.39, 0.29) is 5.91 Å². The highest BCUT2D eigenvalue weighted by Crippen LogP contribution is 2.23. The lowest BCUT2D eigenvalue weighted by atomic mass is 9.89. The number of hydrogen-bond acceptors (Lipinski definition) is 2. The van der Waals surface area contributed by atoms with E-state index in [1.165, 1.54) is 32.1 Å². The Hall–Kier alpha value is -1.51. The van der Waals surface area contributed by atoms with Crippen LogP contribution in [0.1, 0.15) is 51.0 Å². The van der Waals surface area contributed by atoms with Crippen molar-refractivity contribution >= 4 is 5.91 Å². The Balaban J connectivity index is 1.83. The van der Waals surface area contributed by atoms with Crippen molar-refractivity contribution in [1.29, 1.82) is 0 Å². The maximum absolute atomic E-state index is 12.3. The zero-order valence-electron chi connectivity index (χ0n) is 13.2. The molecule has 0 aromatic heterocycles. The molecule has 1 atom stereocenters. The summed E-state index contributed by atoms with van der Waals surface area (Å²) in [4.78, 5) is 12.3. The number of carbonyl (C=O) groups excluding carboxylic acids is 1. The molecule has 1 N–H and O–H groups in total. The van der Waals surface area contributed by atoms with Crippen LogP contribution in [0.5, 0.6) is 5.75 Å². The maximum atomic E-state index is 12.3. The third-order valence-electron chi connectivity index (χ3n) is 4.22. The first kappa shape index (κ1) is 15.9. The van der Waals surface area contributed by atoms with Crippen molar-refractivity contribution < 1.29 is 9.53 Å². The maximum Gasteiger partial charge on any atom is 0.261 e. The summed E-state index contributed by atoms with van der Waals surface area (Å²) in [6.07, 6.45) is 6.74. The average Bonchev–Trinajstić information content (AvgIpc) is 2.51. The Kier molecular flexibility index (Phi) is 6.09. The van der Waals surface area contributed by atoms with Crippen LogP contribution in [-0.2, 0) is 4.79 Å². The molecule has 21 heavy (non-hydrogen) atoms. The monoisotopic (exact) mass is 289 g/mol. The van der Waals surface area contributed by atoms with Crippen LogP contribution in [-0.4, -0.2) is 18.6 Å². The van der Waals surface area contributed by atoms with Crippen molar-refractivity contribution in [2.75, 3.05) is 6.54 Å². The molecule has 0 unspecified atom stereocenters. The van der Waals surface area contributed by atoms with Crippen LogP contribution in [0, 0.1) is 12.8 Å². The Bertz CT molecular complexity index is 452. The quantitative estimate of drug-likeness (QED) is 0.864. The predicted molar refractivity (Wildman–Crippen MR) is 85.5 cm³/mol. The third-order valence-corrected chi connectivity index (χ3v) is 4.22. The Morgan fingerprint density at radius 3 is 2.76 bits per heavy atom. The van der Waals surface area contributed by atoms with Gasteiger partial charge in [0, 0.05) is 6.54 Å². The van der Waals surface area contributed by atoms with Gasteiger partial charge in [0.1, 0.15) is 5.75 Å². The number of nitrogens with one attached hydrogen (secondary N) is 1. The summed E-state index contributed by atoms with van der Waals surface area (Å²) < 4.78 is 5.83. The molecule has 3 nitrogen and oxygen atoms in total. The molecular weight excluding hydrogens is 262 g/mol. The van der Waals surface area contributed by atoms with E-state index in [4.69, 9.17) is 4.74 Å². The molecule has 1 fully saturated rings. The van der Waals surface area contributed by atoms with Crippen molar-refractivity contribution in [3.63, 3.8) is 0 Å². The SMILES string of the molecule is CC[C@H](Oc1cccc(C)c1)C(=O)NCC1CCCCC1. The van der Waals surface area contributed by atoms with E-state index in [9.17, 15) is 4.79 Å². The molecule has 1 saturated carbocycles. The molecule has 1 aliphatic rings. The van der Waals surface area contributed by atoms with Crippen LogP contribution in [0.2, 0.25) is 0 Å². The van der Waals surface area contributed by atoms with Crippen molar-refractivity contribution in [2.45, 2.75) is 58.5 Å². The van der Waals surface area contributed by atoms with Crippen molar-refractivity contribution in [3.05, 3.63) is 29.8 Å². The molecule has 3 heteroatoms. The number of amides is 1. The van der Waals surface area contributed by atoms with Crippen LogP contribution in [0.4, 0.5) is 0 Å². The minimum atomic E-state index is -0.393. The van der Waals surface area contributed by atoms with Crippen molar-refractivity contribution in [1.82, 2.24) is 5.32 Å². The minimum absolute atomic E-state index is 0.0181. The molecule has 2 rings (SSSR count). The van der Waals surface area contributed by atoms with Gasteiger partial charge in [-0.25, -0.2) is 0 Å². The van der Waals surface area contributed by atoms with Gasteiger partial charge in [0.05, 0.1) is 0 Å². The second kappa shape index (κ2) is 8.06. The minimum Gasteiger partial charge on any atom is -0.481 e. The van der Waals surface area contributed by atoms with Gasteiger partial charge in [0.2, 0.25) is 0 Å². The predicted octanol–water partition coefficient (Wildman–Crippen LogP) is 3.85. The van der Waals surface area contributed by atoms with Gasteiger partial charge in [-0.2, -0.15) is 0 Å². The van der Waals surface area contributed by atoms with Gasteiger partial charge in [0.25, 0.3) is 5.91 Å². The fourth-order valence-electron chi connectivity index (χ4n) is 2.93. The van der Waals surface area contributed by atoms with Gasteiger partial charge in [-0.15, -0.1) is 0 Å². The molecule has 1 amide bonds. The van der Waals surface area contributed by atoms with Crippen LogP contribution in [0.25, 0.3) is 0 Å². The van der Waals surface area contributed by atoms with Gasteiger partial charge in [-0.3, -0.25) is 4.79 Å². The molecule has 0 spiro atoms. The van der Waals surface area contributed by atoms with E-state index in [2.05, 4.69) is 5.32 Å². The largest absolute Gasteiger partial charge is 0.481 e. The van der Waals surface area contributed by atoms with E-state index < -0.39 is 6.10 Å². The van der Waals surface area contributed by atoms with E-state index in [1.54, 1.807) is 0 Å². The zero-order valence-corrected chi connectivity index (χ0v) is 13.2. The van der Waals surface area contributed by atoms with Crippen LogP contribution < -0.4 is 10.1 Å². The molecule has 116 valence electrons. The zero-order chi connectivity index (χ0) is 15.1. The standard InChI is InChI=1S/C18H27NO2/c1-3-17(21-16-11-7-8-14(2)12-16)18(20)19-13-15-9-5-4-6-10-15/h7-8,11-12,15,17H,3-6,9-10,13H2,1-2H3,(H,19,20)/t17-/m0/s1. The number of hydrogen-bond donors (Lipinski definition) is 1. The lowest BCUT2D eigenvalue weighted by molar-refractivity contribution is -0.128. The summed E-state index contributed by atoms with van der Waals surface area (Å²) in [6.45, 7) is 4.81. The summed E-state index contributed by atoms with van der Waals surface area (Å²) in [5.74, 6) is 1.44. The fourth-order valence-corrected chi connectivity index (χ4v) is 2.93. The first-order chi connectivity index (χ1) is 10.2. The smallest absolute Gasteiger partial charge is 0.261 e. The first-order valence-electron chi connectivity index (χ1n) is 8.20. The molecule has 1 aromatic carbocycles. The Labute approximate surface area is 128 Å². The molecule has 0 bridgehead atoms. The summed E-state index contributed by atoms with van der Waals surface area (Å²) >= 11 is 0. The Morgan fingerprint density at radius 2 is 2.10 bits per heavy atom. The Morgan fingerprint density at radius 1 is 1.33 bits per heavy atom. The second-order valence-corrected chi connectivity index (χ2v) is 6.08. The number of rotatable bonds is 6. The number of carbonyl (C=O) groups is 1. The van der Waals surface area contributed by atoms with Gasteiger partial charge in [0.15, 0.2) is 6.10 Å². The topological polar surface area (TPSA) is 38.3 Å². The highest BCUT2D eigenvalue weighted by Gasteiger charge is 2.20. The molecule has 0 saturated heterocycles. The van der Waals surface area contributed by atoms with Gasteiger partial charge in [-0.05, 0) is 49.8 Å². The lowest BCUT2D eigenvalue weighted by Gasteiger charge is -2.23. The third kappa shape index (κ3) is 5.07. The summed E-state index contributed by atoms with van der Waals surface area (Å²) in [5, 5.41) is 3.07. The number of aryl methyl sites for hydroxylation is 1. The van der Waals surface area contributed by atoms with E-state index in [0.717, 1.165) is 17.9 Å². The average molecular weight is 289 g/mol. The van der Waals surface area contributed by atoms with Crippen molar-refractivity contribution in [2.24, 2.45) is 5.92 Å². The summed E-state index contributed by atoms with van der Waals surface area (Å²) in [6, 6.07) is 7.86. The van der Waals surface area contributed by atoms with Crippen molar-refractivity contribution in [3.8, 4) is 5.75 Å². The number of ether oxygens (including phenoxy) is 1. The first-order valence-corrected chi connectivity index (χ1v) is 8.20.